The number of terminal acetylenes is 1. The number of carbonyl (C=O) groups is 1. The highest BCUT2D eigenvalue weighted by Gasteiger charge is 2.23. The maximum atomic E-state index is 13.2. The van der Waals surface area contributed by atoms with Crippen molar-refractivity contribution in [2.75, 3.05) is 10.0 Å². The van der Waals surface area contributed by atoms with Gasteiger partial charge in [-0.1, -0.05) is 29.6 Å². The molecule has 35 heavy (non-hydrogen) atoms. The van der Waals surface area contributed by atoms with Crippen LogP contribution in [0.3, 0.4) is 0 Å². The first kappa shape index (κ1) is 24.3. The van der Waals surface area contributed by atoms with E-state index in [-0.39, 0.29) is 56.1 Å². The lowest BCUT2D eigenvalue weighted by Crippen LogP contribution is -2.25. The van der Waals surface area contributed by atoms with Crippen molar-refractivity contribution in [3.05, 3.63) is 58.3 Å². The van der Waals surface area contributed by atoms with Gasteiger partial charge in [0.05, 0.1) is 27.0 Å². The molecule has 4 rings (SSSR count). The summed E-state index contributed by atoms with van der Waals surface area (Å²) in [7, 11) is -4.10. The summed E-state index contributed by atoms with van der Waals surface area (Å²) < 4.78 is 64.1. The summed E-state index contributed by atoms with van der Waals surface area (Å²) in [6.45, 7) is -3.17. The van der Waals surface area contributed by atoms with Crippen molar-refractivity contribution >= 4 is 72.6 Å². The van der Waals surface area contributed by atoms with Gasteiger partial charge in [0.15, 0.2) is 11.3 Å². The zero-order valence-electron chi connectivity index (χ0n) is 17.1. The fourth-order valence-electron chi connectivity index (χ4n) is 3.27. The number of hydrogen-bond donors (Lipinski definition) is 3. The van der Waals surface area contributed by atoms with E-state index in [2.05, 4.69) is 19.8 Å². The predicted octanol–water partition coefficient (Wildman–Crippen LogP) is 5.22. The Bertz CT molecular complexity index is 1610. The number of nitrogens with zero attached hydrogens (tertiary/aromatic N) is 1. The van der Waals surface area contributed by atoms with Crippen molar-refractivity contribution in [1.29, 1.82) is 0 Å². The van der Waals surface area contributed by atoms with Crippen molar-refractivity contribution in [2.45, 2.75) is 6.61 Å². The van der Waals surface area contributed by atoms with Gasteiger partial charge in [-0.3, -0.25) is 14.5 Å². The molecule has 0 fully saturated rings. The molecule has 14 heteroatoms. The van der Waals surface area contributed by atoms with Crippen molar-refractivity contribution in [3.8, 4) is 18.2 Å². The normalized spacial score (nSPS) is 11.4. The lowest BCUT2D eigenvalue weighted by molar-refractivity contribution is -0.0493. The molecule has 0 saturated carbocycles. The van der Waals surface area contributed by atoms with Gasteiger partial charge in [-0.2, -0.15) is 17.2 Å². The van der Waals surface area contributed by atoms with Crippen molar-refractivity contribution in [2.24, 2.45) is 0 Å². The highest BCUT2D eigenvalue weighted by atomic mass is 35.5. The molecule has 0 bridgehead atoms. The molecule has 0 radical (unpaired) electrons. The second kappa shape index (κ2) is 9.46. The monoisotopic (exact) mass is 542 g/mol. The van der Waals surface area contributed by atoms with Crippen LogP contribution in [0.2, 0.25) is 10.0 Å². The van der Waals surface area contributed by atoms with E-state index in [0.29, 0.717) is 0 Å². The fourth-order valence-corrected chi connectivity index (χ4v) is 4.37. The summed E-state index contributed by atoms with van der Waals surface area (Å²) in [5, 5.41) is 2.98. The fraction of sp³-hybridized carbons (Fsp3) is 0.0476. The molecule has 2 heterocycles. The lowest BCUT2D eigenvalue weighted by Gasteiger charge is -2.11. The van der Waals surface area contributed by atoms with Gasteiger partial charge in [-0.25, -0.2) is 4.72 Å². The summed E-state index contributed by atoms with van der Waals surface area (Å²) >= 11 is 12.2. The molecule has 0 unspecified atom stereocenters. The molecule has 9 nitrogen and oxygen atoms in total. The molecular weight excluding hydrogens is 529 g/mol. The third kappa shape index (κ3) is 5.02. The van der Waals surface area contributed by atoms with Crippen molar-refractivity contribution in [1.82, 2.24) is 9.71 Å². The average molecular weight is 543 g/mol. The van der Waals surface area contributed by atoms with E-state index in [0.717, 1.165) is 6.07 Å². The maximum absolute atomic E-state index is 13.2. The van der Waals surface area contributed by atoms with E-state index >= 15 is 0 Å². The van der Waals surface area contributed by atoms with Crippen LogP contribution in [-0.2, 0) is 10.2 Å². The predicted molar refractivity (Wildman–Crippen MR) is 129 cm³/mol. The van der Waals surface area contributed by atoms with Gasteiger partial charge in [0.25, 0.3) is 5.91 Å². The number of aromatic nitrogens is 1. The molecule has 1 amide bonds. The quantitative estimate of drug-likeness (QED) is 0.217. The molecule has 182 valence electrons. The lowest BCUT2D eigenvalue weighted by atomic mass is 10.0. The third-order valence-corrected chi connectivity index (χ3v) is 6.04. The smallest absolute Gasteiger partial charge is 0.387 e. The zero-order valence-corrected chi connectivity index (χ0v) is 19.4. The Morgan fingerprint density at radius 2 is 1.91 bits per heavy atom. The minimum atomic E-state index is -4.10. The SMILES string of the molecule is C#CNS(=O)(=O)Nc1ccc2oc3c(OC(F)F)ccc(C(=O)Nc4c(Cl)cncc4Cl)c3c2c1.[HH]. The number of furan rings is 1. The number of pyridine rings is 1. The minimum absolute atomic E-state index is 0. The molecule has 2 aromatic carbocycles. The van der Waals surface area contributed by atoms with E-state index < -0.39 is 22.7 Å². The van der Waals surface area contributed by atoms with Crippen LogP contribution in [0, 0.1) is 12.5 Å². The number of benzene rings is 2. The Balaban J connectivity index is 0.00000361. The second-order valence-electron chi connectivity index (χ2n) is 6.79. The summed E-state index contributed by atoms with van der Waals surface area (Å²) in [6.07, 6.45) is 7.52. The number of alkyl halides is 2. The van der Waals surface area contributed by atoms with E-state index in [1.54, 1.807) is 6.04 Å². The van der Waals surface area contributed by atoms with Gasteiger partial charge < -0.3 is 14.5 Å². The molecule has 4 aromatic rings. The molecule has 0 saturated heterocycles. The van der Waals surface area contributed by atoms with E-state index in [1.807, 2.05) is 4.72 Å². The third-order valence-electron chi connectivity index (χ3n) is 4.58. The zero-order chi connectivity index (χ0) is 25.3. The Hall–Kier alpha value is -3.79. The summed E-state index contributed by atoms with van der Waals surface area (Å²) in [5.41, 5.74) is 0.102. The number of nitrogens with one attached hydrogen (secondary N) is 3. The topological polar surface area (TPSA) is 123 Å². The number of ether oxygens (including phenoxy) is 1. The first-order valence-corrected chi connectivity index (χ1v) is 11.6. The van der Waals surface area contributed by atoms with Gasteiger partial charge in [0.1, 0.15) is 5.58 Å². The molecule has 3 N–H and O–H groups in total. The van der Waals surface area contributed by atoms with Crippen LogP contribution in [-0.4, -0.2) is 25.9 Å². The summed E-state index contributed by atoms with van der Waals surface area (Å²) in [5.74, 6) is -1.05. The van der Waals surface area contributed by atoms with Crippen LogP contribution < -0.4 is 19.5 Å². The number of halogens is 4. The van der Waals surface area contributed by atoms with Crippen molar-refractivity contribution in [3.63, 3.8) is 0 Å². The number of rotatable bonds is 7. The Morgan fingerprint density at radius 3 is 2.57 bits per heavy atom. The molecule has 0 atom stereocenters. The van der Waals surface area contributed by atoms with E-state index in [4.69, 9.17) is 34.0 Å². The molecule has 0 aliphatic carbocycles. The standard InChI is InChI=1S/C21H12Cl2F2N4O5S.H2/c1-2-27-35(31,32)29-10-3-5-15-12(7-10)17-11(4-6-16(19(17)33-15)34-21(24)25)20(30)28-18-13(22)8-26-9-14(18)23;/h1,3-9,21,27,29H,(H,26,28,30);1H. The molecule has 2 aromatic heterocycles. The highest BCUT2D eigenvalue weighted by molar-refractivity contribution is 7.90. The number of fused-ring (bicyclic) bond motifs is 3. The van der Waals surface area contributed by atoms with Crippen LogP contribution in [0.1, 0.15) is 11.8 Å². The second-order valence-corrected chi connectivity index (χ2v) is 9.02. The van der Waals surface area contributed by atoms with Gasteiger partial charge >= 0.3 is 16.8 Å². The van der Waals surface area contributed by atoms with E-state index in [9.17, 15) is 22.0 Å². The highest BCUT2D eigenvalue weighted by Crippen LogP contribution is 2.39. The maximum Gasteiger partial charge on any atom is 0.387 e. The van der Waals surface area contributed by atoms with Crippen LogP contribution >= 0.6 is 23.2 Å². The number of amides is 1. The van der Waals surface area contributed by atoms with Gasteiger partial charge in [0, 0.05) is 30.6 Å². The summed E-state index contributed by atoms with van der Waals surface area (Å²) in [4.78, 5) is 17.0. The van der Waals surface area contributed by atoms with E-state index in [1.165, 1.54) is 36.7 Å². The van der Waals surface area contributed by atoms with Crippen LogP contribution in [0.15, 0.2) is 47.1 Å². The van der Waals surface area contributed by atoms with Gasteiger partial charge in [-0.15, -0.1) is 0 Å². The molecule has 0 spiro atoms. The Labute approximate surface area is 208 Å². The van der Waals surface area contributed by atoms with Gasteiger partial charge in [0.2, 0.25) is 0 Å². The Kier molecular flexibility index (Phi) is 6.58. The van der Waals surface area contributed by atoms with Crippen molar-refractivity contribution < 1.29 is 32.6 Å². The van der Waals surface area contributed by atoms with Gasteiger partial charge in [-0.05, 0) is 30.3 Å². The van der Waals surface area contributed by atoms with Crippen LogP contribution in [0.5, 0.6) is 5.75 Å². The van der Waals surface area contributed by atoms with Crippen LogP contribution in [0.4, 0.5) is 20.2 Å². The minimum Gasteiger partial charge on any atom is -0.452 e. The largest absolute Gasteiger partial charge is 0.452 e. The number of hydrogen-bond acceptors (Lipinski definition) is 6. The molecule has 0 aliphatic heterocycles. The first-order chi connectivity index (χ1) is 16.6. The Morgan fingerprint density at radius 1 is 1.20 bits per heavy atom. The number of anilines is 2. The van der Waals surface area contributed by atoms with Crippen LogP contribution in [0.25, 0.3) is 21.9 Å². The number of carbonyl (C=O) groups excluding carboxylic acids is 1. The average Bonchev–Trinajstić information content (AvgIpc) is 3.15. The summed E-state index contributed by atoms with van der Waals surface area (Å²) in [6, 6.07) is 8.24. The molecule has 0 aliphatic rings. The molecular formula is C21H14Cl2F2N4O5S. The first-order valence-electron chi connectivity index (χ1n) is 9.39.